The average Bonchev–Trinajstić information content (AvgIpc) is 3.64. The van der Waals surface area contributed by atoms with E-state index in [-0.39, 0.29) is 47.9 Å². The van der Waals surface area contributed by atoms with Crippen LogP contribution in [0, 0.1) is 23.8 Å². The molecule has 0 amide bonds. The first kappa shape index (κ1) is 40.2. The second-order valence-electron chi connectivity index (χ2n) is 14.0. The summed E-state index contributed by atoms with van der Waals surface area (Å²) in [6.45, 7) is 24.9. The van der Waals surface area contributed by atoms with E-state index in [1.165, 1.54) is 52.4 Å². The van der Waals surface area contributed by atoms with Gasteiger partial charge in [-0.25, -0.2) is 0 Å². The monoisotopic (exact) mass is 877 g/mol. The molecule has 3 heterocycles. The minimum Gasteiger partial charge on any atom is -0.512 e. The number of aliphatic hydroxyl groups excluding tert-OH is 1. The number of pyridine rings is 1. The summed E-state index contributed by atoms with van der Waals surface area (Å²) in [6.07, 6.45) is 6.69. The molecule has 0 bridgehead atoms. The van der Waals surface area contributed by atoms with Crippen molar-refractivity contribution < 1.29 is 30.0 Å². The zero-order valence-electron chi connectivity index (χ0n) is 30.1. The molecule has 7 heteroatoms. The molecule has 0 atom stereocenters. The number of nitrogens with zero attached hydrogens (tertiary/aromatic N) is 1. The molecule has 259 valence electrons. The van der Waals surface area contributed by atoms with Crippen molar-refractivity contribution in [3.8, 4) is 11.3 Å². The third kappa shape index (κ3) is 8.02. The third-order valence-corrected chi connectivity index (χ3v) is 13.1. The first-order valence-corrected chi connectivity index (χ1v) is 19.2. The fourth-order valence-corrected chi connectivity index (χ4v) is 8.77. The second kappa shape index (κ2) is 16.2. The number of aliphatic hydroxyl groups is 1. The Kier molecular flexibility index (Phi) is 13.5. The molecule has 1 radical (unpaired) electrons. The number of thiophene rings is 2. The van der Waals surface area contributed by atoms with Crippen LogP contribution in [0.4, 0.5) is 0 Å². The Hall–Kier alpha value is -2.28. The van der Waals surface area contributed by atoms with E-state index in [9.17, 15) is 9.90 Å². The third-order valence-electron chi connectivity index (χ3n) is 10.1. The van der Waals surface area contributed by atoms with Crippen LogP contribution in [-0.4, -0.2) is 15.9 Å². The van der Waals surface area contributed by atoms with Crippen molar-refractivity contribution in [2.45, 2.75) is 105 Å². The average molecular weight is 877 g/mol. The minimum atomic E-state index is -0.337. The Labute approximate surface area is 313 Å². The van der Waals surface area contributed by atoms with Crippen LogP contribution in [-0.2, 0) is 30.3 Å². The summed E-state index contributed by atoms with van der Waals surface area (Å²) >= 11 is 5.35. The van der Waals surface area contributed by atoms with Gasteiger partial charge in [0.1, 0.15) is 5.76 Å². The number of benzene rings is 2. The number of hydrogen-bond acceptors (Lipinski definition) is 6. The molecule has 5 rings (SSSR count). The molecule has 0 aliphatic carbocycles. The van der Waals surface area contributed by atoms with Crippen LogP contribution in [0.1, 0.15) is 99.1 Å². The Morgan fingerprint density at radius 3 is 2.19 bits per heavy atom. The summed E-state index contributed by atoms with van der Waals surface area (Å²) in [5.41, 5.74) is 4.15. The van der Waals surface area contributed by atoms with Crippen molar-refractivity contribution >= 4 is 70.5 Å². The van der Waals surface area contributed by atoms with Crippen molar-refractivity contribution in [1.82, 2.24) is 4.98 Å². The van der Waals surface area contributed by atoms with Crippen molar-refractivity contribution in [3.63, 3.8) is 0 Å². The van der Waals surface area contributed by atoms with Crippen molar-refractivity contribution in [1.29, 1.82) is 0 Å². The number of thioether (sulfide) groups is 1. The number of hydrogen-bond donors (Lipinski definition) is 1. The van der Waals surface area contributed by atoms with Gasteiger partial charge in [0.25, 0.3) is 0 Å². The van der Waals surface area contributed by atoms with Gasteiger partial charge in [-0.05, 0) is 83.0 Å². The van der Waals surface area contributed by atoms with Crippen LogP contribution < -0.4 is 0 Å². The van der Waals surface area contributed by atoms with Crippen molar-refractivity contribution in [3.05, 3.63) is 82.9 Å². The summed E-state index contributed by atoms with van der Waals surface area (Å²) in [5, 5.41) is 18.2. The first-order chi connectivity index (χ1) is 22.2. The van der Waals surface area contributed by atoms with Gasteiger partial charge in [0.05, 0.1) is 0 Å². The number of rotatable bonds is 10. The fourth-order valence-electron chi connectivity index (χ4n) is 5.70. The van der Waals surface area contributed by atoms with E-state index in [4.69, 9.17) is 4.98 Å². The first-order valence-electron chi connectivity index (χ1n) is 16.7. The predicted molar refractivity (Wildman–Crippen MR) is 209 cm³/mol. The van der Waals surface area contributed by atoms with Gasteiger partial charge >= 0.3 is 0 Å². The minimum absolute atomic E-state index is 0. The van der Waals surface area contributed by atoms with E-state index in [0.29, 0.717) is 0 Å². The molecule has 48 heavy (non-hydrogen) atoms. The summed E-state index contributed by atoms with van der Waals surface area (Å²) in [7, 11) is 0. The van der Waals surface area contributed by atoms with E-state index in [0.717, 1.165) is 36.9 Å². The maximum Gasteiger partial charge on any atom is 0.164 e. The number of ketones is 1. The van der Waals surface area contributed by atoms with Gasteiger partial charge in [-0.1, -0.05) is 79.9 Å². The number of aryl methyl sites for hydroxylation is 1. The molecule has 0 aliphatic rings. The van der Waals surface area contributed by atoms with Crippen LogP contribution in [0.5, 0.6) is 0 Å². The van der Waals surface area contributed by atoms with Crippen molar-refractivity contribution in [2.24, 2.45) is 10.8 Å². The predicted octanol–water partition coefficient (Wildman–Crippen LogP) is 13.6. The number of fused-ring (bicyclic) bond motifs is 5. The van der Waals surface area contributed by atoms with Crippen LogP contribution in [0.15, 0.2) is 70.6 Å². The number of carbonyl (C=O) groups excluding carboxylic acids is 1. The van der Waals surface area contributed by atoms with Gasteiger partial charge in [0.15, 0.2) is 5.78 Å². The van der Waals surface area contributed by atoms with Crippen LogP contribution in [0.3, 0.4) is 0 Å². The molecule has 0 unspecified atom stereocenters. The molecule has 0 saturated carbocycles. The Balaban J connectivity index is 0.000000301. The topological polar surface area (TPSA) is 50.2 Å². The van der Waals surface area contributed by atoms with Gasteiger partial charge in [-0.15, -0.1) is 52.0 Å². The summed E-state index contributed by atoms with van der Waals surface area (Å²) in [5.74, 6) is 0.286. The van der Waals surface area contributed by atoms with E-state index in [2.05, 4.69) is 76.1 Å². The molecular weight excluding hydrogens is 827 g/mol. The molecule has 0 aliphatic heterocycles. The molecule has 5 aromatic rings. The smallest absolute Gasteiger partial charge is 0.164 e. The molecule has 3 nitrogen and oxygen atoms in total. The zero-order chi connectivity index (χ0) is 34.7. The van der Waals surface area contributed by atoms with E-state index < -0.39 is 0 Å². The summed E-state index contributed by atoms with van der Waals surface area (Å²) in [4.78, 5) is 18.3. The van der Waals surface area contributed by atoms with E-state index in [1.807, 2.05) is 75.8 Å². The number of carbonyl (C=O) groups is 1. The van der Waals surface area contributed by atoms with Crippen LogP contribution in [0.2, 0.25) is 0 Å². The molecule has 1 N–H and O–H groups in total. The van der Waals surface area contributed by atoms with Crippen LogP contribution >= 0.6 is 34.4 Å². The van der Waals surface area contributed by atoms with Crippen molar-refractivity contribution in [2.75, 3.05) is 0 Å². The zero-order valence-corrected chi connectivity index (χ0v) is 34.9. The normalized spacial score (nSPS) is 12.6. The molecule has 2 aromatic carbocycles. The van der Waals surface area contributed by atoms with Gasteiger partial charge in [0, 0.05) is 62.7 Å². The van der Waals surface area contributed by atoms with Gasteiger partial charge in [0.2, 0.25) is 0 Å². The molecule has 3 aromatic heterocycles. The Morgan fingerprint density at radius 1 is 0.979 bits per heavy atom. The largest absolute Gasteiger partial charge is 0.512 e. The van der Waals surface area contributed by atoms with E-state index in [1.54, 1.807) is 11.8 Å². The maximum atomic E-state index is 12.2. The summed E-state index contributed by atoms with van der Waals surface area (Å²) in [6, 6.07) is 14.6. The van der Waals surface area contributed by atoms with Gasteiger partial charge < -0.3 is 10.1 Å². The molecule has 0 fully saturated rings. The quantitative estimate of drug-likeness (QED) is 0.0657. The SMILES string of the molecule is C=CSc1c[c-]c(-c2nccc3sc4ccc5c(C)csc5c4c23)cc1C(C)(C)C.CCC(C)(CC)C(=O)/C=C(\O)C(C)(CC)CC.[Ir]. The van der Waals surface area contributed by atoms with Gasteiger partial charge in [-0.2, -0.15) is 11.8 Å². The molecule has 0 saturated heterocycles. The Bertz CT molecular complexity index is 1930. The van der Waals surface area contributed by atoms with Gasteiger partial charge in [-0.3, -0.25) is 4.79 Å². The summed E-state index contributed by atoms with van der Waals surface area (Å²) < 4.78 is 3.97. The number of aromatic nitrogens is 1. The fraction of sp³-hybridized carbons (Fsp3) is 0.415. The maximum absolute atomic E-state index is 12.2. The molecule has 0 spiro atoms. The molecular formula is C41H50IrNO2S3-. The standard InChI is InChI=1S/C26H22NS3.C15H28O2.Ir/c1-6-28-19-9-7-16(13-18(19)26(3,4)5)24-22-21(11-12-27-24)30-20-10-8-17-15(2)14-29-25(17)23(20)22;1-7-14(5,8-2)12(16)11-13(17)15(6,9-3)10-4;/h6,8-14H,1H2,2-5H3;11,16H,7-10H2,1-6H3;/q-1;;/b;12-11-;. The Morgan fingerprint density at radius 2 is 1.60 bits per heavy atom. The van der Waals surface area contributed by atoms with Crippen LogP contribution in [0.25, 0.3) is 41.5 Å². The van der Waals surface area contributed by atoms with E-state index >= 15 is 0 Å². The second-order valence-corrected chi connectivity index (χ2v) is 16.9. The number of allylic oxidation sites excluding steroid dienone is 2.